The van der Waals surface area contributed by atoms with E-state index in [0.29, 0.717) is 6.04 Å². The second-order valence-corrected chi connectivity index (χ2v) is 3.21. The Morgan fingerprint density at radius 3 is 2.30 bits per heavy atom. The maximum absolute atomic E-state index is 5.28. The smallest absolute Gasteiger partial charge is 0.0469 e. The van der Waals surface area contributed by atoms with Gasteiger partial charge in [0.2, 0.25) is 0 Å². The van der Waals surface area contributed by atoms with Gasteiger partial charge in [-0.25, -0.2) is 5.32 Å². The highest BCUT2D eigenvalue weighted by Gasteiger charge is 2.28. The molecule has 0 amide bonds. The summed E-state index contributed by atoms with van der Waals surface area (Å²) in [6.07, 6.45) is 3.83. The fourth-order valence-corrected chi connectivity index (χ4v) is 1.76. The van der Waals surface area contributed by atoms with Crippen molar-refractivity contribution in [2.45, 2.75) is 25.3 Å². The maximum atomic E-state index is 5.28. The minimum atomic E-state index is 0.712. The SMILES string of the molecule is C1CC(C2CCOCC2)[N]1. The third kappa shape index (κ3) is 1.18. The Balaban J connectivity index is 1.78. The van der Waals surface area contributed by atoms with Crippen molar-refractivity contribution < 1.29 is 4.74 Å². The fraction of sp³-hybridized carbons (Fsp3) is 1.00. The molecule has 1 atom stereocenters. The lowest BCUT2D eigenvalue weighted by Crippen LogP contribution is -2.44. The van der Waals surface area contributed by atoms with Crippen molar-refractivity contribution in [3.8, 4) is 0 Å². The molecule has 57 valence electrons. The van der Waals surface area contributed by atoms with Gasteiger partial charge in [0.1, 0.15) is 0 Å². The average molecular weight is 140 g/mol. The Hall–Kier alpha value is -0.0800. The number of hydrogen-bond acceptors (Lipinski definition) is 1. The molecule has 0 saturated carbocycles. The van der Waals surface area contributed by atoms with Gasteiger partial charge in [-0.1, -0.05) is 0 Å². The molecular weight excluding hydrogens is 126 g/mol. The summed E-state index contributed by atoms with van der Waals surface area (Å²) in [5.74, 6) is 0.863. The molecule has 2 saturated heterocycles. The average Bonchev–Trinajstić information content (AvgIpc) is 1.86. The molecule has 0 spiro atoms. The molecule has 0 aromatic heterocycles. The molecule has 2 nitrogen and oxygen atoms in total. The fourth-order valence-electron chi connectivity index (χ4n) is 1.76. The predicted molar refractivity (Wildman–Crippen MR) is 38.9 cm³/mol. The largest absolute Gasteiger partial charge is 0.381 e. The van der Waals surface area contributed by atoms with Gasteiger partial charge >= 0.3 is 0 Å². The minimum absolute atomic E-state index is 0.712. The first-order valence-electron chi connectivity index (χ1n) is 4.21. The number of hydrogen-bond donors (Lipinski definition) is 0. The van der Waals surface area contributed by atoms with E-state index in [1.54, 1.807) is 0 Å². The van der Waals surface area contributed by atoms with Crippen LogP contribution in [-0.4, -0.2) is 25.8 Å². The lowest BCUT2D eigenvalue weighted by atomic mass is 9.86. The van der Waals surface area contributed by atoms with E-state index in [4.69, 9.17) is 4.74 Å². The highest BCUT2D eigenvalue weighted by Crippen LogP contribution is 2.24. The summed E-state index contributed by atoms with van der Waals surface area (Å²) >= 11 is 0. The van der Waals surface area contributed by atoms with Gasteiger partial charge in [0, 0.05) is 25.8 Å². The van der Waals surface area contributed by atoms with E-state index in [2.05, 4.69) is 5.32 Å². The summed E-state index contributed by atoms with van der Waals surface area (Å²) in [5, 5.41) is 4.44. The molecule has 0 N–H and O–H groups in total. The summed E-state index contributed by atoms with van der Waals surface area (Å²) in [7, 11) is 0. The Labute approximate surface area is 61.9 Å². The molecule has 10 heavy (non-hydrogen) atoms. The van der Waals surface area contributed by atoms with Crippen LogP contribution in [0.15, 0.2) is 0 Å². The zero-order valence-corrected chi connectivity index (χ0v) is 6.25. The van der Waals surface area contributed by atoms with Crippen molar-refractivity contribution in [2.24, 2.45) is 5.92 Å². The van der Waals surface area contributed by atoms with E-state index in [9.17, 15) is 0 Å². The van der Waals surface area contributed by atoms with Crippen LogP contribution in [0.25, 0.3) is 0 Å². The first kappa shape index (κ1) is 6.62. The molecule has 2 heteroatoms. The van der Waals surface area contributed by atoms with Crippen molar-refractivity contribution >= 4 is 0 Å². The Morgan fingerprint density at radius 1 is 1.10 bits per heavy atom. The van der Waals surface area contributed by atoms with E-state index in [1.165, 1.54) is 19.3 Å². The van der Waals surface area contributed by atoms with Crippen LogP contribution in [0.5, 0.6) is 0 Å². The monoisotopic (exact) mass is 140 g/mol. The maximum Gasteiger partial charge on any atom is 0.0469 e. The highest BCUT2D eigenvalue weighted by atomic mass is 16.5. The van der Waals surface area contributed by atoms with E-state index in [0.717, 1.165) is 25.7 Å². The van der Waals surface area contributed by atoms with Crippen molar-refractivity contribution in [1.29, 1.82) is 0 Å². The molecule has 1 radical (unpaired) electrons. The molecule has 0 aromatic rings. The number of ether oxygens (including phenoxy) is 1. The van der Waals surface area contributed by atoms with Crippen LogP contribution in [-0.2, 0) is 4.74 Å². The molecule has 2 aliphatic rings. The number of rotatable bonds is 1. The van der Waals surface area contributed by atoms with Crippen molar-refractivity contribution in [1.82, 2.24) is 5.32 Å². The Bertz CT molecular complexity index is 106. The van der Waals surface area contributed by atoms with Gasteiger partial charge in [0.15, 0.2) is 0 Å². The van der Waals surface area contributed by atoms with Gasteiger partial charge in [0.25, 0.3) is 0 Å². The Kier molecular flexibility index (Phi) is 1.91. The normalized spacial score (nSPS) is 35.4. The van der Waals surface area contributed by atoms with E-state index >= 15 is 0 Å². The second kappa shape index (κ2) is 2.89. The standard InChI is InChI=1S/C8H14NO/c1-4-9-8(1)7-2-5-10-6-3-7/h7-8H,1-6H2. The van der Waals surface area contributed by atoms with Gasteiger partial charge in [-0.05, 0) is 25.2 Å². The quantitative estimate of drug-likeness (QED) is 0.528. The predicted octanol–water partition coefficient (Wildman–Crippen LogP) is 0.790. The summed E-state index contributed by atoms with van der Waals surface area (Å²) in [5.41, 5.74) is 0. The third-order valence-electron chi connectivity index (χ3n) is 2.60. The summed E-state index contributed by atoms with van der Waals surface area (Å²) in [6.45, 7) is 3.05. The van der Waals surface area contributed by atoms with Crippen LogP contribution in [0.3, 0.4) is 0 Å². The minimum Gasteiger partial charge on any atom is -0.381 e. The van der Waals surface area contributed by atoms with Crippen molar-refractivity contribution in [3.05, 3.63) is 0 Å². The van der Waals surface area contributed by atoms with Gasteiger partial charge < -0.3 is 4.74 Å². The summed E-state index contributed by atoms with van der Waals surface area (Å²) in [4.78, 5) is 0. The van der Waals surface area contributed by atoms with Crippen LogP contribution in [0.1, 0.15) is 19.3 Å². The molecule has 2 fully saturated rings. The molecule has 1 unspecified atom stereocenters. The molecule has 0 aliphatic carbocycles. The van der Waals surface area contributed by atoms with Gasteiger partial charge in [-0.15, -0.1) is 0 Å². The molecule has 0 aromatic carbocycles. The molecule has 0 bridgehead atoms. The zero-order valence-electron chi connectivity index (χ0n) is 6.25. The van der Waals surface area contributed by atoms with Crippen LogP contribution in [0.4, 0.5) is 0 Å². The van der Waals surface area contributed by atoms with Crippen LogP contribution >= 0.6 is 0 Å². The Morgan fingerprint density at radius 2 is 1.80 bits per heavy atom. The molecule has 2 aliphatic heterocycles. The topological polar surface area (TPSA) is 23.3 Å². The molecule has 2 rings (SSSR count). The summed E-state index contributed by atoms with van der Waals surface area (Å²) in [6, 6.07) is 0.712. The number of nitrogens with zero attached hydrogens (tertiary/aromatic N) is 1. The zero-order chi connectivity index (χ0) is 6.81. The molecular formula is C8H14NO. The van der Waals surface area contributed by atoms with E-state index in [-0.39, 0.29) is 0 Å². The third-order valence-corrected chi connectivity index (χ3v) is 2.60. The van der Waals surface area contributed by atoms with Crippen LogP contribution in [0.2, 0.25) is 0 Å². The van der Waals surface area contributed by atoms with E-state index in [1.807, 2.05) is 0 Å². The first-order valence-corrected chi connectivity index (χ1v) is 4.21. The van der Waals surface area contributed by atoms with Crippen molar-refractivity contribution in [3.63, 3.8) is 0 Å². The first-order chi connectivity index (χ1) is 4.97. The van der Waals surface area contributed by atoms with Gasteiger partial charge in [0.05, 0.1) is 0 Å². The van der Waals surface area contributed by atoms with Gasteiger partial charge in [-0.3, -0.25) is 0 Å². The van der Waals surface area contributed by atoms with Crippen molar-refractivity contribution in [2.75, 3.05) is 19.8 Å². The lowest BCUT2D eigenvalue weighted by Gasteiger charge is -2.35. The van der Waals surface area contributed by atoms with Crippen LogP contribution in [0, 0.1) is 5.92 Å². The second-order valence-electron chi connectivity index (χ2n) is 3.21. The van der Waals surface area contributed by atoms with Crippen LogP contribution < -0.4 is 5.32 Å². The van der Waals surface area contributed by atoms with E-state index < -0.39 is 0 Å². The lowest BCUT2D eigenvalue weighted by molar-refractivity contribution is 0.0429. The van der Waals surface area contributed by atoms with Gasteiger partial charge in [-0.2, -0.15) is 0 Å². The molecule has 2 heterocycles. The summed E-state index contributed by atoms with van der Waals surface area (Å²) < 4.78 is 5.28. The highest BCUT2D eigenvalue weighted by molar-refractivity contribution is 4.84.